The van der Waals surface area contributed by atoms with E-state index in [2.05, 4.69) is 67.7 Å². The third-order valence-corrected chi connectivity index (χ3v) is 24.4. The Kier molecular flexibility index (Phi) is 18.3. The molecule has 0 saturated carbocycles. The number of hydrogen-bond donors (Lipinski definition) is 4. The zero-order chi connectivity index (χ0) is 51.6. The van der Waals surface area contributed by atoms with Gasteiger partial charge in [0.25, 0.3) is 0 Å². The fourth-order valence-electron chi connectivity index (χ4n) is 9.03. The van der Waals surface area contributed by atoms with Crippen molar-refractivity contribution in [2.24, 2.45) is 0 Å². The molecule has 6 saturated heterocycles. The molecule has 9 rings (SSSR count). The lowest BCUT2D eigenvalue weighted by Crippen LogP contribution is -2.64. The van der Waals surface area contributed by atoms with Crippen LogP contribution in [0.4, 0.5) is 0 Å². The van der Waals surface area contributed by atoms with Crippen molar-refractivity contribution in [2.45, 2.75) is 209 Å². The molecule has 0 aromatic heterocycles. The van der Waals surface area contributed by atoms with Crippen LogP contribution in [0, 0.1) is 0 Å². The lowest BCUT2D eigenvalue weighted by molar-refractivity contribution is -0.326. The maximum absolute atomic E-state index is 11.1. The van der Waals surface area contributed by atoms with Crippen LogP contribution in [0.15, 0.2) is 91.0 Å². The second-order valence-electron chi connectivity index (χ2n) is 22.8. The number of rotatable bonds is 7. The third kappa shape index (κ3) is 13.1. The van der Waals surface area contributed by atoms with E-state index in [4.69, 9.17) is 51.5 Å². The normalized spacial score (nSPS) is 37.6. The SMILES string of the molecule is C[C@@H]1OC2COC(c3ccccc3)O[C@H]2[C@H](O)C1O.C[C@@H]1OC2COC(c3ccccc3)O[C@H]2[C@H](O)C1O[Si](C)(C)C(C)(C)C.C[C@@H]1OC2COC(c3ccccc3)O[C@H]2[C@H](O[Si](C)(C)C(C)(C)C)C1O. The first-order valence-corrected chi connectivity index (χ1v) is 31.2. The Morgan fingerprint density at radius 1 is 0.408 bits per heavy atom. The molecule has 0 aliphatic carbocycles. The zero-order valence-corrected chi connectivity index (χ0v) is 46.0. The van der Waals surface area contributed by atoms with E-state index >= 15 is 0 Å². The molecule has 4 N–H and O–H groups in total. The Labute approximate surface area is 423 Å². The van der Waals surface area contributed by atoms with Crippen molar-refractivity contribution in [3.8, 4) is 0 Å². The molecule has 3 aromatic carbocycles. The molecule has 15 nitrogen and oxygen atoms in total. The molecule has 17 heteroatoms. The number of aliphatic hydroxyl groups excluding tert-OH is 4. The first-order valence-electron chi connectivity index (χ1n) is 25.4. The molecule has 9 unspecified atom stereocenters. The minimum Gasteiger partial charge on any atom is -0.409 e. The summed E-state index contributed by atoms with van der Waals surface area (Å²) in [4.78, 5) is 0. The van der Waals surface area contributed by atoms with Gasteiger partial charge in [-0.3, -0.25) is 0 Å². The minimum atomic E-state index is -2.08. The molecular formula is C54H82O15Si2. The van der Waals surface area contributed by atoms with E-state index in [9.17, 15) is 20.4 Å². The molecule has 6 heterocycles. The Morgan fingerprint density at radius 3 is 1.13 bits per heavy atom. The van der Waals surface area contributed by atoms with E-state index in [-0.39, 0.29) is 46.7 Å². The molecule has 6 aliphatic rings. The molecule has 71 heavy (non-hydrogen) atoms. The van der Waals surface area contributed by atoms with Crippen molar-refractivity contribution in [3.05, 3.63) is 108 Å². The van der Waals surface area contributed by atoms with E-state index < -0.39 is 90.4 Å². The number of ether oxygens (including phenoxy) is 9. The van der Waals surface area contributed by atoms with Crippen LogP contribution in [0.2, 0.25) is 36.3 Å². The maximum atomic E-state index is 11.1. The molecule has 6 aliphatic heterocycles. The van der Waals surface area contributed by atoms with Crippen molar-refractivity contribution in [1.82, 2.24) is 0 Å². The summed E-state index contributed by atoms with van der Waals surface area (Å²) in [5.41, 5.74) is 2.80. The van der Waals surface area contributed by atoms with Gasteiger partial charge in [0, 0.05) is 16.7 Å². The highest BCUT2D eigenvalue weighted by Crippen LogP contribution is 2.44. The summed E-state index contributed by atoms with van der Waals surface area (Å²) in [6.07, 6.45) is -8.82. The molecular weight excluding hydrogens is 945 g/mol. The van der Waals surface area contributed by atoms with Gasteiger partial charge in [0.1, 0.15) is 67.1 Å². The third-order valence-electron chi connectivity index (χ3n) is 15.5. The summed E-state index contributed by atoms with van der Waals surface area (Å²) in [7, 11) is -4.12. The Hall–Kier alpha value is -2.51. The first kappa shape index (κ1) is 56.2. The number of fused-ring (bicyclic) bond motifs is 3. The monoisotopic (exact) mass is 1030 g/mol. The molecule has 3 aromatic rings. The molecule has 18 atom stereocenters. The van der Waals surface area contributed by atoms with E-state index in [0.29, 0.717) is 19.8 Å². The molecule has 0 amide bonds. The predicted octanol–water partition coefficient (Wildman–Crippen LogP) is 7.89. The van der Waals surface area contributed by atoms with Crippen molar-refractivity contribution in [1.29, 1.82) is 0 Å². The Morgan fingerprint density at radius 2 is 0.732 bits per heavy atom. The van der Waals surface area contributed by atoms with E-state index in [1.807, 2.05) is 105 Å². The Bertz CT molecular complexity index is 2090. The molecule has 0 bridgehead atoms. The summed E-state index contributed by atoms with van der Waals surface area (Å²) in [6, 6.07) is 29.2. The zero-order valence-electron chi connectivity index (χ0n) is 44.0. The molecule has 0 spiro atoms. The van der Waals surface area contributed by atoms with Crippen LogP contribution in [-0.4, -0.2) is 148 Å². The van der Waals surface area contributed by atoms with E-state index in [1.165, 1.54) is 0 Å². The van der Waals surface area contributed by atoms with Gasteiger partial charge >= 0.3 is 0 Å². The largest absolute Gasteiger partial charge is 0.409 e. The Balaban J connectivity index is 0.000000159. The number of aliphatic hydroxyl groups is 4. The summed E-state index contributed by atoms with van der Waals surface area (Å²) in [5, 5.41) is 41.9. The fourth-order valence-corrected chi connectivity index (χ4v) is 11.7. The second-order valence-corrected chi connectivity index (χ2v) is 32.3. The summed E-state index contributed by atoms with van der Waals surface area (Å²) in [5.74, 6) is 0. The predicted molar refractivity (Wildman–Crippen MR) is 271 cm³/mol. The standard InChI is InChI=1S/2C20H32O5Si.C14H18O5/c1-13-17(25-26(5,6)20(2,3)4)16(21)18-15(23-13)12-22-19(24-18)14-10-8-7-9-11-14;1-13-16(21)18(25-26(5,6)20(2,3)4)17-15(23-13)12-22-19(24-17)14-10-8-7-9-11-14;1-8-11(15)12(16)13-10(18-8)7-17-14(19-13)9-5-3-2-4-6-9/h2*7-11,13,15-19,21H,12H2,1-6H3;2-6,8,10-16H,7H2,1H3/t13-,15?,16+,17?,18+,19?;13-,15?,16?,17+,18+,19?;8-,10?,11?,12+,13+,14?/m000/s1. The highest BCUT2D eigenvalue weighted by atomic mass is 28.4. The maximum Gasteiger partial charge on any atom is 0.192 e. The van der Waals surface area contributed by atoms with Crippen LogP contribution < -0.4 is 0 Å². The van der Waals surface area contributed by atoms with Crippen molar-refractivity contribution < 1.29 is 71.9 Å². The van der Waals surface area contributed by atoms with Crippen LogP contribution in [0.1, 0.15) is 97.9 Å². The summed E-state index contributed by atoms with van der Waals surface area (Å²) >= 11 is 0. The molecule has 0 radical (unpaired) electrons. The van der Waals surface area contributed by atoms with E-state index in [1.54, 1.807) is 6.92 Å². The quantitative estimate of drug-likeness (QED) is 0.168. The van der Waals surface area contributed by atoms with Gasteiger partial charge < -0.3 is 71.9 Å². The lowest BCUT2D eigenvalue weighted by atomic mass is 9.95. The van der Waals surface area contributed by atoms with Gasteiger partial charge in [-0.2, -0.15) is 0 Å². The average Bonchev–Trinajstić information content (AvgIpc) is 3.34. The molecule has 6 fully saturated rings. The van der Waals surface area contributed by atoms with Gasteiger partial charge in [-0.05, 0) is 57.0 Å². The first-order chi connectivity index (χ1) is 33.4. The van der Waals surface area contributed by atoms with Gasteiger partial charge in [0.05, 0.1) is 44.2 Å². The lowest BCUT2D eigenvalue weighted by Gasteiger charge is -2.50. The fraction of sp³-hybridized carbons (Fsp3) is 0.667. The number of hydrogen-bond acceptors (Lipinski definition) is 15. The van der Waals surface area contributed by atoms with Crippen LogP contribution in [0.3, 0.4) is 0 Å². The van der Waals surface area contributed by atoms with Crippen molar-refractivity contribution in [2.75, 3.05) is 19.8 Å². The van der Waals surface area contributed by atoms with Crippen LogP contribution >= 0.6 is 0 Å². The topological polar surface area (TPSA) is 182 Å². The number of benzene rings is 3. The highest BCUT2D eigenvalue weighted by molar-refractivity contribution is 6.74. The molecule has 396 valence electrons. The second kappa shape index (κ2) is 23.2. The van der Waals surface area contributed by atoms with Crippen molar-refractivity contribution in [3.63, 3.8) is 0 Å². The van der Waals surface area contributed by atoms with Crippen LogP contribution in [0.5, 0.6) is 0 Å². The summed E-state index contributed by atoms with van der Waals surface area (Å²) in [6.45, 7) is 28.7. The highest BCUT2D eigenvalue weighted by Gasteiger charge is 2.54. The average molecular weight is 1030 g/mol. The van der Waals surface area contributed by atoms with Crippen molar-refractivity contribution >= 4 is 16.6 Å². The van der Waals surface area contributed by atoms with Gasteiger partial charge in [-0.25, -0.2) is 0 Å². The smallest absolute Gasteiger partial charge is 0.192 e. The van der Waals surface area contributed by atoms with Gasteiger partial charge in [0.2, 0.25) is 0 Å². The van der Waals surface area contributed by atoms with Gasteiger partial charge in [-0.15, -0.1) is 0 Å². The van der Waals surface area contributed by atoms with Gasteiger partial charge in [0.15, 0.2) is 35.5 Å². The summed E-state index contributed by atoms with van der Waals surface area (Å²) < 4.78 is 66.2. The van der Waals surface area contributed by atoms with Crippen LogP contribution in [0.25, 0.3) is 0 Å². The minimum absolute atomic E-state index is 0.0494. The van der Waals surface area contributed by atoms with Gasteiger partial charge in [-0.1, -0.05) is 133 Å². The van der Waals surface area contributed by atoms with Crippen LogP contribution in [-0.2, 0) is 51.5 Å². The van der Waals surface area contributed by atoms with E-state index in [0.717, 1.165) is 16.7 Å².